The van der Waals surface area contributed by atoms with E-state index in [1.807, 2.05) is 42.3 Å². The number of amides is 2. The number of carbonyl (C=O) groups is 2. The van der Waals surface area contributed by atoms with Crippen molar-refractivity contribution in [2.45, 2.75) is 6.92 Å². The molecule has 7 nitrogen and oxygen atoms in total. The molecule has 0 saturated heterocycles. The van der Waals surface area contributed by atoms with Gasteiger partial charge in [-0.1, -0.05) is 18.2 Å². The monoisotopic (exact) mass is 333 g/mol. The largest absolute Gasteiger partial charge is 0.492 e. The summed E-state index contributed by atoms with van der Waals surface area (Å²) in [4.78, 5) is 25.5. The highest BCUT2D eigenvalue weighted by atomic mass is 16.5. The highest BCUT2D eigenvalue weighted by Crippen LogP contribution is 2.10. The smallest absolute Gasteiger partial charge is 0.337 e. The van der Waals surface area contributed by atoms with Crippen LogP contribution in [0.5, 0.6) is 5.75 Å². The summed E-state index contributed by atoms with van der Waals surface area (Å²) in [6.07, 6.45) is 0. The van der Waals surface area contributed by atoms with E-state index in [4.69, 9.17) is 9.47 Å². The maximum absolute atomic E-state index is 12.0. The Morgan fingerprint density at radius 1 is 1.29 bits per heavy atom. The predicted molar refractivity (Wildman–Crippen MR) is 89.6 cm³/mol. The summed E-state index contributed by atoms with van der Waals surface area (Å²) in [5.41, 5.74) is 1.02. The van der Waals surface area contributed by atoms with E-state index in [0.717, 1.165) is 5.75 Å². The average Bonchev–Trinajstić information content (AvgIpc) is 2.56. The van der Waals surface area contributed by atoms with E-state index in [0.29, 0.717) is 37.6 Å². The third-order valence-corrected chi connectivity index (χ3v) is 3.49. The van der Waals surface area contributed by atoms with Crippen LogP contribution < -0.4 is 15.4 Å². The van der Waals surface area contributed by atoms with Crippen LogP contribution in [0.4, 0.5) is 4.79 Å². The van der Waals surface area contributed by atoms with E-state index >= 15 is 0 Å². The van der Waals surface area contributed by atoms with Crippen LogP contribution in [0.1, 0.15) is 6.92 Å². The first-order valence-electron chi connectivity index (χ1n) is 7.90. The number of ether oxygens (including phenoxy) is 2. The van der Waals surface area contributed by atoms with Crippen LogP contribution in [-0.2, 0) is 9.53 Å². The summed E-state index contributed by atoms with van der Waals surface area (Å²) in [6.45, 7) is 3.81. The Morgan fingerprint density at radius 2 is 2.04 bits per heavy atom. The fraction of sp³-hybridized carbons (Fsp3) is 0.412. The quantitative estimate of drug-likeness (QED) is 0.697. The molecule has 0 bridgehead atoms. The fourth-order valence-corrected chi connectivity index (χ4v) is 2.27. The lowest BCUT2D eigenvalue weighted by Gasteiger charge is -2.25. The van der Waals surface area contributed by atoms with Crippen molar-refractivity contribution < 1.29 is 19.1 Å². The number of nitrogens with zero attached hydrogens (tertiary/aromatic N) is 1. The molecule has 0 aromatic heterocycles. The first-order valence-corrected chi connectivity index (χ1v) is 7.90. The van der Waals surface area contributed by atoms with Crippen LogP contribution in [0, 0.1) is 0 Å². The number of nitrogens with one attached hydrogen (secondary N) is 2. The maximum atomic E-state index is 12.0. The van der Waals surface area contributed by atoms with Crippen LogP contribution in [-0.4, -0.2) is 56.8 Å². The first kappa shape index (κ1) is 17.8. The van der Waals surface area contributed by atoms with Gasteiger partial charge in [0.2, 0.25) is 0 Å². The molecule has 7 heteroatoms. The molecule has 24 heavy (non-hydrogen) atoms. The molecule has 0 unspecified atom stereocenters. The Morgan fingerprint density at radius 3 is 2.75 bits per heavy atom. The Kier molecular flexibility index (Phi) is 6.62. The van der Waals surface area contributed by atoms with E-state index in [-0.39, 0.29) is 12.6 Å². The van der Waals surface area contributed by atoms with Crippen molar-refractivity contribution in [2.24, 2.45) is 0 Å². The van der Waals surface area contributed by atoms with Gasteiger partial charge in [-0.15, -0.1) is 0 Å². The Balaban J connectivity index is 1.90. The third-order valence-electron chi connectivity index (χ3n) is 3.49. The minimum atomic E-state index is -0.408. The minimum absolute atomic E-state index is 0.175. The minimum Gasteiger partial charge on any atom is -0.492 e. The molecule has 2 N–H and O–H groups in total. The second-order valence-electron chi connectivity index (χ2n) is 5.38. The van der Waals surface area contributed by atoms with Gasteiger partial charge in [-0.25, -0.2) is 9.59 Å². The molecule has 0 saturated carbocycles. The van der Waals surface area contributed by atoms with Crippen LogP contribution >= 0.6 is 0 Å². The summed E-state index contributed by atoms with van der Waals surface area (Å²) in [7, 11) is 1.90. The first-order chi connectivity index (χ1) is 11.6. The number of benzene rings is 1. The normalized spacial score (nSPS) is 14.2. The lowest BCUT2D eigenvalue weighted by Crippen LogP contribution is -2.46. The molecular weight excluding hydrogens is 310 g/mol. The number of para-hydroxylation sites is 1. The van der Waals surface area contributed by atoms with Gasteiger partial charge in [0.05, 0.1) is 18.7 Å². The molecule has 1 aliphatic rings. The molecule has 2 amide bonds. The van der Waals surface area contributed by atoms with Gasteiger partial charge >= 0.3 is 12.0 Å². The van der Waals surface area contributed by atoms with E-state index in [1.165, 1.54) is 0 Å². The molecule has 0 aliphatic carbocycles. The number of esters is 1. The van der Waals surface area contributed by atoms with Gasteiger partial charge in [0.1, 0.15) is 12.4 Å². The fourth-order valence-electron chi connectivity index (χ4n) is 2.27. The number of likely N-dealkylation sites (N-methyl/N-ethyl adjacent to an activating group) is 1. The molecule has 0 spiro atoms. The van der Waals surface area contributed by atoms with Crippen molar-refractivity contribution in [3.05, 3.63) is 41.6 Å². The van der Waals surface area contributed by atoms with Crippen LogP contribution in [0.3, 0.4) is 0 Å². The molecule has 1 aliphatic heterocycles. The highest BCUT2D eigenvalue weighted by Gasteiger charge is 2.24. The van der Waals surface area contributed by atoms with E-state index in [1.54, 1.807) is 6.92 Å². The molecule has 0 atom stereocenters. The Labute approximate surface area is 141 Å². The Bertz CT molecular complexity index is 601. The van der Waals surface area contributed by atoms with Crippen molar-refractivity contribution in [1.82, 2.24) is 15.5 Å². The average molecular weight is 333 g/mol. The molecule has 1 aromatic carbocycles. The second kappa shape index (κ2) is 8.93. The number of urea groups is 1. The maximum Gasteiger partial charge on any atom is 0.337 e. The molecule has 0 radical (unpaired) electrons. The number of carbonyl (C=O) groups excluding carboxylic acids is 2. The lowest BCUT2D eigenvalue weighted by molar-refractivity contribution is -0.138. The zero-order chi connectivity index (χ0) is 17.4. The standard InChI is InChI=1S/C17H23N3O4/c1-3-23-16(21)14-11-18-17(22)19-15(14)12-20(2)9-10-24-13-7-5-4-6-8-13/h4-8H,3,9-12H2,1-2H3,(H2,18,19,22). The summed E-state index contributed by atoms with van der Waals surface area (Å²) in [5.74, 6) is 0.404. The van der Waals surface area contributed by atoms with Gasteiger partial charge in [0.15, 0.2) is 0 Å². The summed E-state index contributed by atoms with van der Waals surface area (Å²) in [6, 6.07) is 9.25. The van der Waals surface area contributed by atoms with E-state index < -0.39 is 5.97 Å². The van der Waals surface area contributed by atoms with Gasteiger partial charge in [0, 0.05) is 18.8 Å². The summed E-state index contributed by atoms with van der Waals surface area (Å²) >= 11 is 0. The van der Waals surface area contributed by atoms with Crippen molar-refractivity contribution in [1.29, 1.82) is 0 Å². The van der Waals surface area contributed by atoms with E-state index in [2.05, 4.69) is 10.6 Å². The number of rotatable bonds is 8. The van der Waals surface area contributed by atoms with Gasteiger partial charge < -0.3 is 20.1 Å². The number of hydrogen-bond acceptors (Lipinski definition) is 5. The number of hydrogen-bond donors (Lipinski definition) is 2. The van der Waals surface area contributed by atoms with Crippen LogP contribution in [0.25, 0.3) is 0 Å². The van der Waals surface area contributed by atoms with Gasteiger partial charge in [0.25, 0.3) is 0 Å². The van der Waals surface area contributed by atoms with Crippen molar-refractivity contribution in [3.63, 3.8) is 0 Å². The molecule has 1 heterocycles. The lowest BCUT2D eigenvalue weighted by atomic mass is 10.1. The topological polar surface area (TPSA) is 79.9 Å². The zero-order valence-corrected chi connectivity index (χ0v) is 14.0. The predicted octanol–water partition coefficient (Wildman–Crippen LogP) is 1.13. The van der Waals surface area contributed by atoms with Crippen molar-refractivity contribution >= 4 is 12.0 Å². The highest BCUT2D eigenvalue weighted by molar-refractivity contribution is 5.93. The van der Waals surface area contributed by atoms with Crippen LogP contribution in [0.2, 0.25) is 0 Å². The second-order valence-corrected chi connectivity index (χ2v) is 5.38. The summed E-state index contributed by atoms with van der Waals surface area (Å²) < 4.78 is 10.7. The van der Waals surface area contributed by atoms with E-state index in [9.17, 15) is 9.59 Å². The van der Waals surface area contributed by atoms with Crippen molar-refractivity contribution in [3.8, 4) is 5.75 Å². The Hall–Kier alpha value is -2.54. The molecule has 130 valence electrons. The van der Waals surface area contributed by atoms with Crippen molar-refractivity contribution in [2.75, 3.05) is 39.9 Å². The molecule has 1 aromatic rings. The van der Waals surface area contributed by atoms with Gasteiger partial charge in [-0.05, 0) is 26.1 Å². The molecular formula is C17H23N3O4. The van der Waals surface area contributed by atoms with Crippen LogP contribution in [0.15, 0.2) is 41.6 Å². The van der Waals surface area contributed by atoms with Gasteiger partial charge in [-0.3, -0.25) is 4.90 Å². The third kappa shape index (κ3) is 5.27. The molecule has 0 fully saturated rings. The summed E-state index contributed by atoms with van der Waals surface area (Å²) in [5, 5.41) is 5.28. The SMILES string of the molecule is CCOC(=O)C1=C(CN(C)CCOc2ccccc2)NC(=O)NC1. The molecule has 2 rings (SSSR count). The van der Waals surface area contributed by atoms with Gasteiger partial charge in [-0.2, -0.15) is 0 Å². The zero-order valence-electron chi connectivity index (χ0n) is 14.0.